The molecule has 0 atom stereocenters. The molecule has 216 valence electrons. The van der Waals surface area contributed by atoms with Gasteiger partial charge in [0.1, 0.15) is 6.61 Å². The van der Waals surface area contributed by atoms with Gasteiger partial charge < -0.3 is 15.4 Å². The maximum atomic E-state index is 14.4. The number of nitrogens with one attached hydrogen (secondary N) is 3. The number of pyridine rings is 1. The summed E-state index contributed by atoms with van der Waals surface area (Å²) in [6.45, 7) is 1.64. The van der Waals surface area contributed by atoms with Gasteiger partial charge >= 0.3 is 6.18 Å². The summed E-state index contributed by atoms with van der Waals surface area (Å²) in [4.78, 5) is 15.6. The average Bonchev–Trinajstić information content (AvgIpc) is 3.34. The molecule has 2 heterocycles. The van der Waals surface area contributed by atoms with Crippen LogP contribution in [0.3, 0.4) is 0 Å². The number of H-pyrrole nitrogens is 1. The molecule has 0 saturated carbocycles. The lowest BCUT2D eigenvalue weighted by Crippen LogP contribution is -2.23. The van der Waals surface area contributed by atoms with Gasteiger partial charge in [-0.1, -0.05) is 36.4 Å². The second-order valence-corrected chi connectivity index (χ2v) is 9.39. The van der Waals surface area contributed by atoms with E-state index in [1.165, 1.54) is 12.3 Å². The second kappa shape index (κ2) is 13.9. The first-order valence-electron chi connectivity index (χ1n) is 13.2. The number of alkyl halides is 3. The first kappa shape index (κ1) is 29.7. The number of amides is 1. The molecule has 41 heavy (non-hydrogen) atoms. The van der Waals surface area contributed by atoms with Crippen molar-refractivity contribution < 1.29 is 27.1 Å². The van der Waals surface area contributed by atoms with Crippen LogP contribution in [0.25, 0.3) is 22.0 Å². The van der Waals surface area contributed by atoms with E-state index in [1.807, 2.05) is 0 Å². The van der Waals surface area contributed by atoms with Crippen molar-refractivity contribution in [3.63, 3.8) is 0 Å². The van der Waals surface area contributed by atoms with Gasteiger partial charge in [-0.3, -0.25) is 9.89 Å². The molecule has 0 bridgehead atoms. The van der Waals surface area contributed by atoms with Crippen LogP contribution in [0.4, 0.5) is 17.6 Å². The molecular formula is C30H31F4N5O2. The van der Waals surface area contributed by atoms with E-state index < -0.39 is 18.5 Å². The Morgan fingerprint density at radius 1 is 0.976 bits per heavy atom. The molecule has 2 aromatic heterocycles. The number of ether oxygens (including phenoxy) is 1. The number of fused-ring (bicyclic) bond motifs is 1. The van der Waals surface area contributed by atoms with Crippen LogP contribution in [0.15, 0.2) is 66.9 Å². The van der Waals surface area contributed by atoms with Crippen LogP contribution in [0.2, 0.25) is 0 Å². The number of hydrogen-bond acceptors (Lipinski definition) is 5. The van der Waals surface area contributed by atoms with Crippen LogP contribution in [0.5, 0.6) is 5.88 Å². The molecule has 4 rings (SSSR count). The van der Waals surface area contributed by atoms with E-state index in [2.05, 4.69) is 25.8 Å². The maximum absolute atomic E-state index is 14.4. The van der Waals surface area contributed by atoms with Crippen LogP contribution in [-0.2, 0) is 4.79 Å². The number of carbonyl (C=O) groups excluding carboxylic acids is 1. The SMILES string of the molecule is CNC(=O)CCCCNCCOc1ccc(C(=C(CC(F)(F)F)c2ccccc2)c2ccc3n[nH]c(F)c3c2)cn1. The van der Waals surface area contributed by atoms with E-state index in [4.69, 9.17) is 4.74 Å². The number of halogens is 4. The van der Waals surface area contributed by atoms with Crippen molar-refractivity contribution in [2.24, 2.45) is 0 Å². The van der Waals surface area contributed by atoms with E-state index in [0.29, 0.717) is 47.7 Å². The Balaban J connectivity index is 1.57. The fourth-order valence-electron chi connectivity index (χ4n) is 4.45. The Morgan fingerprint density at radius 3 is 2.46 bits per heavy atom. The molecule has 0 saturated heterocycles. The molecule has 1 amide bonds. The van der Waals surface area contributed by atoms with Gasteiger partial charge in [0, 0.05) is 37.8 Å². The Morgan fingerprint density at radius 2 is 1.76 bits per heavy atom. The molecule has 7 nitrogen and oxygen atoms in total. The van der Waals surface area contributed by atoms with E-state index in [9.17, 15) is 22.4 Å². The smallest absolute Gasteiger partial charge is 0.393 e. The van der Waals surface area contributed by atoms with E-state index in [0.717, 1.165) is 19.4 Å². The number of unbranched alkanes of at least 4 members (excludes halogenated alkanes) is 1. The molecular weight excluding hydrogens is 538 g/mol. The minimum Gasteiger partial charge on any atom is -0.476 e. The van der Waals surface area contributed by atoms with Crippen LogP contribution < -0.4 is 15.4 Å². The molecule has 0 aliphatic rings. The topological polar surface area (TPSA) is 91.9 Å². The van der Waals surface area contributed by atoms with Gasteiger partial charge in [-0.05, 0) is 59.9 Å². The number of aromatic amines is 1. The molecule has 0 radical (unpaired) electrons. The summed E-state index contributed by atoms with van der Waals surface area (Å²) in [5.41, 5.74) is 1.92. The Hall–Kier alpha value is -4.25. The summed E-state index contributed by atoms with van der Waals surface area (Å²) in [7, 11) is 1.61. The number of carbonyl (C=O) groups is 1. The third-order valence-electron chi connectivity index (χ3n) is 6.44. The lowest BCUT2D eigenvalue weighted by Gasteiger charge is -2.19. The van der Waals surface area contributed by atoms with Crippen molar-refractivity contribution in [1.82, 2.24) is 25.8 Å². The second-order valence-electron chi connectivity index (χ2n) is 9.39. The van der Waals surface area contributed by atoms with Crippen LogP contribution in [0.1, 0.15) is 42.4 Å². The molecule has 0 aliphatic heterocycles. The third kappa shape index (κ3) is 8.37. The molecule has 0 spiro atoms. The van der Waals surface area contributed by atoms with Crippen molar-refractivity contribution >= 4 is 28.0 Å². The monoisotopic (exact) mass is 569 g/mol. The first-order valence-corrected chi connectivity index (χ1v) is 13.2. The molecule has 11 heteroatoms. The normalized spacial score (nSPS) is 12.3. The zero-order valence-electron chi connectivity index (χ0n) is 22.5. The van der Waals surface area contributed by atoms with E-state index in [1.54, 1.807) is 61.6 Å². The van der Waals surface area contributed by atoms with Gasteiger partial charge in [0.25, 0.3) is 0 Å². The first-order chi connectivity index (χ1) is 19.7. The molecule has 2 aromatic carbocycles. The van der Waals surface area contributed by atoms with Crippen molar-refractivity contribution in [3.05, 3.63) is 89.5 Å². The van der Waals surface area contributed by atoms with Crippen molar-refractivity contribution in [2.75, 3.05) is 26.7 Å². The number of nitrogens with zero attached hydrogens (tertiary/aromatic N) is 2. The number of rotatable bonds is 13. The highest BCUT2D eigenvalue weighted by atomic mass is 19.4. The lowest BCUT2D eigenvalue weighted by atomic mass is 9.88. The highest BCUT2D eigenvalue weighted by Crippen LogP contribution is 2.40. The van der Waals surface area contributed by atoms with Crippen molar-refractivity contribution in [3.8, 4) is 5.88 Å². The van der Waals surface area contributed by atoms with Crippen molar-refractivity contribution in [2.45, 2.75) is 31.9 Å². The fraction of sp³-hybridized carbons (Fsp3) is 0.300. The Kier molecular flexibility index (Phi) is 10.1. The predicted molar refractivity (Wildman–Crippen MR) is 150 cm³/mol. The zero-order chi connectivity index (χ0) is 29.2. The molecule has 0 fully saturated rings. The fourth-order valence-corrected chi connectivity index (χ4v) is 4.45. The Labute approximate surface area is 235 Å². The summed E-state index contributed by atoms with van der Waals surface area (Å²) in [5, 5.41) is 12.2. The maximum Gasteiger partial charge on any atom is 0.393 e. The van der Waals surface area contributed by atoms with E-state index >= 15 is 0 Å². The highest BCUT2D eigenvalue weighted by Gasteiger charge is 2.31. The summed E-state index contributed by atoms with van der Waals surface area (Å²) in [6.07, 6.45) is -2.09. The molecule has 0 aliphatic carbocycles. The van der Waals surface area contributed by atoms with Crippen LogP contribution in [0, 0.1) is 5.95 Å². The van der Waals surface area contributed by atoms with Gasteiger partial charge in [-0.15, -0.1) is 0 Å². The van der Waals surface area contributed by atoms with Gasteiger partial charge in [0.2, 0.25) is 17.7 Å². The predicted octanol–water partition coefficient (Wildman–Crippen LogP) is 5.89. The summed E-state index contributed by atoms with van der Waals surface area (Å²) >= 11 is 0. The highest BCUT2D eigenvalue weighted by molar-refractivity contribution is 6.00. The van der Waals surface area contributed by atoms with Crippen LogP contribution in [-0.4, -0.2) is 54.0 Å². The average molecular weight is 570 g/mol. The number of aromatic nitrogens is 3. The largest absolute Gasteiger partial charge is 0.476 e. The molecule has 0 unspecified atom stereocenters. The van der Waals surface area contributed by atoms with Gasteiger partial charge in [-0.2, -0.15) is 22.7 Å². The van der Waals surface area contributed by atoms with Gasteiger partial charge in [0.15, 0.2) is 0 Å². The number of hydrogen-bond donors (Lipinski definition) is 3. The molecule has 3 N–H and O–H groups in total. The lowest BCUT2D eigenvalue weighted by molar-refractivity contribution is -0.123. The van der Waals surface area contributed by atoms with Gasteiger partial charge in [0.05, 0.1) is 17.3 Å². The Bertz CT molecular complexity index is 1470. The third-order valence-corrected chi connectivity index (χ3v) is 6.44. The van der Waals surface area contributed by atoms with E-state index in [-0.39, 0.29) is 22.4 Å². The number of allylic oxidation sites excluding steroid dienone is 1. The minimum atomic E-state index is -4.49. The quantitative estimate of drug-likeness (QED) is 0.106. The number of benzene rings is 2. The van der Waals surface area contributed by atoms with Crippen molar-refractivity contribution in [1.29, 1.82) is 0 Å². The summed E-state index contributed by atoms with van der Waals surface area (Å²) in [5.74, 6) is -0.326. The van der Waals surface area contributed by atoms with Gasteiger partial charge in [-0.25, -0.2) is 4.98 Å². The standard InChI is InChI=1S/C30H31F4N5O2/c1-35-26(40)9-5-6-14-36-15-16-41-27-13-11-22(19-37-27)28(21-10-12-25-23(17-21)29(31)39-38-25)24(18-30(32,33)34)20-7-3-2-4-8-20/h2-4,7-8,10-13,17,19,36H,5-6,9,14-16,18H2,1H3,(H,35,40)(H,38,39). The summed E-state index contributed by atoms with van der Waals surface area (Å²) in [6, 6.07) is 16.3. The summed E-state index contributed by atoms with van der Waals surface area (Å²) < 4.78 is 61.7. The molecule has 4 aromatic rings. The zero-order valence-corrected chi connectivity index (χ0v) is 22.5. The minimum absolute atomic E-state index is 0.0179. The van der Waals surface area contributed by atoms with Crippen LogP contribution >= 0.6 is 0 Å².